The predicted octanol–water partition coefficient (Wildman–Crippen LogP) is 2.41. The number of ether oxygens (including phenoxy) is 1. The van der Waals surface area contributed by atoms with E-state index in [1.54, 1.807) is 6.92 Å². The number of hydrogen-bond donors (Lipinski definition) is 1. The molecule has 0 rings (SSSR count). The number of azide groups is 1. The number of unbranched alkanes of at least 4 members (excludes halogenated alkanes) is 3. The molecule has 0 aromatic rings. The van der Waals surface area contributed by atoms with Crippen LogP contribution in [0.25, 0.3) is 10.4 Å². The molecule has 0 fully saturated rings. The van der Waals surface area contributed by atoms with Crippen LogP contribution in [0.4, 0.5) is 0 Å². The van der Waals surface area contributed by atoms with Gasteiger partial charge in [0, 0.05) is 24.4 Å². The Morgan fingerprint density at radius 3 is 2.71 bits per heavy atom. The lowest BCUT2D eigenvalue weighted by molar-refractivity contribution is -0.144. The maximum atomic E-state index is 11.6. The summed E-state index contributed by atoms with van der Waals surface area (Å²) in [4.78, 5) is 39.5. The van der Waals surface area contributed by atoms with Crippen LogP contribution in [0.1, 0.15) is 51.9 Å². The van der Waals surface area contributed by atoms with Gasteiger partial charge in [0.15, 0.2) is 6.04 Å². The van der Waals surface area contributed by atoms with Crippen LogP contribution in [-0.2, 0) is 19.1 Å². The van der Waals surface area contributed by atoms with Gasteiger partial charge < -0.3 is 10.1 Å². The van der Waals surface area contributed by atoms with Crippen LogP contribution in [0.15, 0.2) is 10.1 Å². The zero-order valence-corrected chi connectivity index (χ0v) is 14.1. The first-order chi connectivity index (χ1) is 11.7. The van der Waals surface area contributed by atoms with Crippen LogP contribution >= 0.6 is 0 Å². The molecule has 0 aliphatic rings. The standard InChI is InChI=1S/C15H25N5O4/c1-2-24-15(23)13(18-12-21)8-5-7-10-17-14(22)9-4-3-6-11-19-20-16/h13H,2-11H2,1H3,(H,17,22)/t13-/m0/s1. The number of hydrogen-bond acceptors (Lipinski definition) is 6. The van der Waals surface area contributed by atoms with Crippen molar-refractivity contribution in [1.29, 1.82) is 0 Å². The highest BCUT2D eigenvalue weighted by Crippen LogP contribution is 2.06. The minimum Gasteiger partial charge on any atom is -0.464 e. The van der Waals surface area contributed by atoms with Crippen molar-refractivity contribution >= 4 is 18.0 Å². The Balaban J connectivity index is 3.72. The summed E-state index contributed by atoms with van der Waals surface area (Å²) < 4.78 is 4.82. The number of isocyanates is 1. The van der Waals surface area contributed by atoms with Gasteiger partial charge in [0.25, 0.3) is 0 Å². The third-order valence-electron chi connectivity index (χ3n) is 3.22. The Labute approximate surface area is 141 Å². The number of rotatable bonds is 14. The van der Waals surface area contributed by atoms with Crippen molar-refractivity contribution in [2.75, 3.05) is 19.7 Å². The summed E-state index contributed by atoms with van der Waals surface area (Å²) in [5, 5.41) is 6.23. The van der Waals surface area contributed by atoms with Crippen LogP contribution in [0.2, 0.25) is 0 Å². The molecule has 0 bridgehead atoms. The Hall–Kier alpha value is -2.37. The fourth-order valence-electron chi connectivity index (χ4n) is 2.01. The van der Waals surface area contributed by atoms with Crippen LogP contribution in [0.5, 0.6) is 0 Å². The molecule has 0 aliphatic carbocycles. The van der Waals surface area contributed by atoms with Crippen molar-refractivity contribution in [1.82, 2.24) is 5.32 Å². The van der Waals surface area contributed by atoms with Crippen molar-refractivity contribution in [3.63, 3.8) is 0 Å². The van der Waals surface area contributed by atoms with Gasteiger partial charge in [0.1, 0.15) is 0 Å². The molecule has 9 nitrogen and oxygen atoms in total. The average molecular weight is 339 g/mol. The molecule has 24 heavy (non-hydrogen) atoms. The third kappa shape index (κ3) is 12.2. The van der Waals surface area contributed by atoms with Crippen LogP contribution in [0, 0.1) is 0 Å². The first-order valence-corrected chi connectivity index (χ1v) is 8.16. The minimum atomic E-state index is -0.811. The number of aliphatic imine (C=N–C) groups is 1. The van der Waals surface area contributed by atoms with E-state index < -0.39 is 12.0 Å². The van der Waals surface area contributed by atoms with E-state index >= 15 is 0 Å². The SMILES string of the molecule is CCOC(=O)[C@H](CCCCNC(=O)CCCCCN=[N+]=[N-])N=C=O. The highest BCUT2D eigenvalue weighted by Gasteiger charge is 2.18. The molecule has 0 saturated carbocycles. The normalized spacial score (nSPS) is 10.9. The Morgan fingerprint density at radius 1 is 1.25 bits per heavy atom. The number of carbonyl (C=O) groups is 2. The minimum absolute atomic E-state index is 0.0216. The molecule has 0 radical (unpaired) electrons. The Kier molecular flexibility index (Phi) is 14.0. The predicted molar refractivity (Wildman–Crippen MR) is 87.9 cm³/mol. The number of amides is 1. The van der Waals surface area contributed by atoms with E-state index in [9.17, 15) is 14.4 Å². The third-order valence-corrected chi connectivity index (χ3v) is 3.22. The second-order valence-corrected chi connectivity index (χ2v) is 5.10. The summed E-state index contributed by atoms with van der Waals surface area (Å²) in [7, 11) is 0. The van der Waals surface area contributed by atoms with E-state index in [1.807, 2.05) is 0 Å². The van der Waals surface area contributed by atoms with E-state index in [-0.39, 0.29) is 12.5 Å². The second-order valence-electron chi connectivity index (χ2n) is 5.10. The van der Waals surface area contributed by atoms with Crippen molar-refractivity contribution in [3.05, 3.63) is 10.4 Å². The zero-order valence-electron chi connectivity index (χ0n) is 14.1. The van der Waals surface area contributed by atoms with Crippen molar-refractivity contribution in [2.45, 2.75) is 57.9 Å². The fraction of sp³-hybridized carbons (Fsp3) is 0.800. The Morgan fingerprint density at radius 2 is 2.04 bits per heavy atom. The van der Waals surface area contributed by atoms with Crippen molar-refractivity contribution in [2.24, 2.45) is 10.1 Å². The zero-order chi connectivity index (χ0) is 18.0. The second kappa shape index (κ2) is 15.5. The van der Waals surface area contributed by atoms with Gasteiger partial charge in [-0.05, 0) is 44.6 Å². The monoisotopic (exact) mass is 339 g/mol. The number of carbonyl (C=O) groups excluding carboxylic acids is 3. The molecule has 134 valence electrons. The summed E-state index contributed by atoms with van der Waals surface area (Å²) in [5.41, 5.74) is 8.12. The van der Waals surface area contributed by atoms with E-state index in [2.05, 4.69) is 20.3 Å². The van der Waals surface area contributed by atoms with Crippen LogP contribution in [-0.4, -0.2) is 43.7 Å². The molecular formula is C15H25N5O4. The first kappa shape index (κ1) is 21.6. The van der Waals surface area contributed by atoms with Gasteiger partial charge in [-0.25, -0.2) is 9.59 Å². The van der Waals surface area contributed by atoms with Crippen LogP contribution < -0.4 is 5.32 Å². The van der Waals surface area contributed by atoms with Gasteiger partial charge in [-0.1, -0.05) is 11.5 Å². The summed E-state index contributed by atoms with van der Waals surface area (Å²) >= 11 is 0. The summed E-state index contributed by atoms with van der Waals surface area (Å²) in [5.74, 6) is -0.544. The maximum Gasteiger partial charge on any atom is 0.331 e. The molecule has 9 heteroatoms. The smallest absolute Gasteiger partial charge is 0.331 e. The van der Waals surface area contributed by atoms with Gasteiger partial charge in [0.2, 0.25) is 12.0 Å². The number of nitrogens with zero attached hydrogens (tertiary/aromatic N) is 4. The van der Waals surface area contributed by atoms with Crippen LogP contribution in [0.3, 0.4) is 0 Å². The molecule has 1 atom stereocenters. The highest BCUT2D eigenvalue weighted by molar-refractivity contribution is 5.77. The summed E-state index contributed by atoms with van der Waals surface area (Å²) in [6.45, 7) is 2.90. The highest BCUT2D eigenvalue weighted by atomic mass is 16.5. The molecule has 1 amide bonds. The molecule has 0 aromatic carbocycles. The number of esters is 1. The van der Waals surface area contributed by atoms with Gasteiger partial charge in [-0.15, -0.1) is 0 Å². The van der Waals surface area contributed by atoms with Gasteiger partial charge in [0.05, 0.1) is 6.61 Å². The molecule has 1 N–H and O–H groups in total. The van der Waals surface area contributed by atoms with E-state index in [1.165, 1.54) is 6.08 Å². The molecule has 0 heterocycles. The molecule has 0 aliphatic heterocycles. The topological polar surface area (TPSA) is 134 Å². The van der Waals surface area contributed by atoms with E-state index in [0.29, 0.717) is 38.8 Å². The summed E-state index contributed by atoms with van der Waals surface area (Å²) in [6.07, 6.45) is 5.93. The molecule has 0 aromatic heterocycles. The van der Waals surface area contributed by atoms with Crippen molar-refractivity contribution < 1.29 is 19.1 Å². The number of nitrogens with one attached hydrogen (secondary N) is 1. The first-order valence-electron chi connectivity index (χ1n) is 8.16. The van der Waals surface area contributed by atoms with Crippen molar-refractivity contribution in [3.8, 4) is 0 Å². The molecule has 0 spiro atoms. The van der Waals surface area contributed by atoms with E-state index in [0.717, 1.165) is 19.3 Å². The van der Waals surface area contributed by atoms with Gasteiger partial charge in [-0.2, -0.15) is 4.99 Å². The molecule has 0 saturated heterocycles. The van der Waals surface area contributed by atoms with Gasteiger partial charge in [-0.3, -0.25) is 4.79 Å². The van der Waals surface area contributed by atoms with E-state index in [4.69, 9.17) is 10.3 Å². The summed E-state index contributed by atoms with van der Waals surface area (Å²) in [6, 6.07) is -0.811. The average Bonchev–Trinajstić information content (AvgIpc) is 2.57. The quantitative estimate of drug-likeness (QED) is 0.0988. The molecular weight excluding hydrogens is 314 g/mol. The lowest BCUT2D eigenvalue weighted by atomic mass is 10.1. The van der Waals surface area contributed by atoms with Gasteiger partial charge >= 0.3 is 5.97 Å². The maximum absolute atomic E-state index is 11.6. The molecule has 0 unspecified atom stereocenters. The fourth-order valence-corrected chi connectivity index (χ4v) is 2.01. The largest absolute Gasteiger partial charge is 0.464 e. The lowest BCUT2D eigenvalue weighted by Crippen LogP contribution is -2.25. The Bertz CT molecular complexity index is 470. The lowest BCUT2D eigenvalue weighted by Gasteiger charge is -2.09.